The van der Waals surface area contributed by atoms with Crippen LogP contribution >= 0.6 is 0 Å². The van der Waals surface area contributed by atoms with Gasteiger partial charge in [0.25, 0.3) is 0 Å². The molecule has 0 aliphatic heterocycles. The van der Waals surface area contributed by atoms with Crippen LogP contribution in [-0.4, -0.2) is 18.1 Å². The van der Waals surface area contributed by atoms with E-state index in [1.54, 1.807) is 0 Å². The van der Waals surface area contributed by atoms with Crippen molar-refractivity contribution in [3.8, 4) is 0 Å². The van der Waals surface area contributed by atoms with Crippen LogP contribution in [0, 0.1) is 5.41 Å². The smallest absolute Gasteiger partial charge is 0.0306 e. The molecular weight excluding hydrogens is 232 g/mol. The van der Waals surface area contributed by atoms with Crippen LogP contribution < -0.4 is 5.32 Å². The highest BCUT2D eigenvalue weighted by Gasteiger charge is 2.52. The molecule has 1 fully saturated rings. The molecule has 0 unspecified atom stereocenters. The molecule has 2 heteroatoms. The van der Waals surface area contributed by atoms with Gasteiger partial charge in [-0.25, -0.2) is 0 Å². The molecule has 0 saturated heterocycles. The summed E-state index contributed by atoms with van der Waals surface area (Å²) in [6.45, 7) is 9.14. The molecule has 1 heterocycles. The van der Waals surface area contributed by atoms with Gasteiger partial charge in [-0.05, 0) is 42.9 Å². The van der Waals surface area contributed by atoms with E-state index in [-0.39, 0.29) is 0 Å². The Labute approximate surface area is 118 Å². The van der Waals surface area contributed by atoms with Crippen LogP contribution in [0.2, 0.25) is 0 Å². The summed E-state index contributed by atoms with van der Waals surface area (Å²) in [5, 5.41) is 3.63. The van der Waals surface area contributed by atoms with E-state index >= 15 is 0 Å². The highest BCUT2D eigenvalue weighted by atomic mass is 14.9. The number of hydrogen-bond donors (Lipinski definition) is 1. The van der Waals surface area contributed by atoms with Crippen molar-refractivity contribution in [1.29, 1.82) is 0 Å². The number of hydrogen-bond acceptors (Lipinski definition) is 2. The Bertz CT molecular complexity index is 374. The lowest BCUT2D eigenvalue weighted by molar-refractivity contribution is 0.0128. The maximum Gasteiger partial charge on any atom is 0.0306 e. The van der Waals surface area contributed by atoms with Gasteiger partial charge in [0.2, 0.25) is 0 Å². The van der Waals surface area contributed by atoms with Crippen LogP contribution in [0.5, 0.6) is 0 Å². The summed E-state index contributed by atoms with van der Waals surface area (Å²) < 4.78 is 0. The molecule has 0 aromatic carbocycles. The summed E-state index contributed by atoms with van der Waals surface area (Å²) in [5.74, 6) is 0. The molecule has 1 aromatic rings. The fraction of sp³-hybridized carbons (Fsp3) is 0.706. The molecule has 0 amide bonds. The van der Waals surface area contributed by atoms with E-state index in [9.17, 15) is 0 Å². The first kappa shape index (κ1) is 14.5. The molecule has 19 heavy (non-hydrogen) atoms. The van der Waals surface area contributed by atoms with Crippen molar-refractivity contribution in [2.45, 2.75) is 58.3 Å². The lowest BCUT2D eigenvalue weighted by Gasteiger charge is -2.57. The van der Waals surface area contributed by atoms with E-state index < -0.39 is 0 Å². The van der Waals surface area contributed by atoms with Crippen molar-refractivity contribution < 1.29 is 0 Å². The minimum atomic E-state index is 0.329. The predicted molar refractivity (Wildman–Crippen MR) is 81.3 cm³/mol. The first-order chi connectivity index (χ1) is 9.20. The highest BCUT2D eigenvalue weighted by Crippen LogP contribution is 2.58. The van der Waals surface area contributed by atoms with Crippen LogP contribution in [0.15, 0.2) is 24.5 Å². The fourth-order valence-corrected chi connectivity index (χ4v) is 3.75. The van der Waals surface area contributed by atoms with Gasteiger partial charge in [-0.1, -0.05) is 39.7 Å². The van der Waals surface area contributed by atoms with Gasteiger partial charge >= 0.3 is 0 Å². The Morgan fingerprint density at radius 3 is 2.47 bits per heavy atom. The van der Waals surface area contributed by atoms with Crippen LogP contribution in [0.3, 0.4) is 0 Å². The lowest BCUT2D eigenvalue weighted by Crippen LogP contribution is -2.54. The average molecular weight is 260 g/mol. The lowest BCUT2D eigenvalue weighted by atomic mass is 9.48. The Balaban J connectivity index is 2.13. The summed E-state index contributed by atoms with van der Waals surface area (Å²) in [5.41, 5.74) is 2.33. The number of rotatable bonds is 7. The number of aromatic nitrogens is 1. The second-order valence-corrected chi connectivity index (χ2v) is 6.26. The molecule has 0 spiro atoms. The van der Waals surface area contributed by atoms with Crippen LogP contribution in [0.25, 0.3) is 0 Å². The van der Waals surface area contributed by atoms with Crippen molar-refractivity contribution >= 4 is 0 Å². The van der Waals surface area contributed by atoms with Crippen molar-refractivity contribution in [2.24, 2.45) is 5.41 Å². The Hall–Kier alpha value is -0.890. The summed E-state index contributed by atoms with van der Waals surface area (Å²) in [6, 6.07) is 4.34. The molecule has 1 aliphatic rings. The normalized spacial score (nSPS) is 19.9. The van der Waals surface area contributed by atoms with E-state index in [4.69, 9.17) is 0 Å². The molecule has 1 aliphatic carbocycles. The first-order valence-corrected chi connectivity index (χ1v) is 7.81. The maximum atomic E-state index is 4.33. The summed E-state index contributed by atoms with van der Waals surface area (Å²) in [7, 11) is 0. The zero-order valence-corrected chi connectivity index (χ0v) is 12.7. The topological polar surface area (TPSA) is 24.9 Å². The Morgan fingerprint density at radius 2 is 1.95 bits per heavy atom. The van der Waals surface area contributed by atoms with E-state index in [1.807, 2.05) is 6.20 Å². The Kier molecular flexibility index (Phi) is 4.62. The maximum absolute atomic E-state index is 4.33. The van der Waals surface area contributed by atoms with Crippen LogP contribution in [0.1, 0.15) is 58.4 Å². The predicted octanol–water partition coefficient (Wildman–Crippen LogP) is 3.92. The Morgan fingerprint density at radius 1 is 1.21 bits per heavy atom. The van der Waals surface area contributed by atoms with E-state index in [2.05, 4.69) is 49.4 Å². The standard InChI is InChI=1S/C17H28N2/c1-4-9-19-14-17(15-8-7-10-18-11-15)12-16(5-2,6-3)13-17/h7-8,10-11,19H,4-6,9,12-14H2,1-3H3. The molecule has 0 bridgehead atoms. The van der Waals surface area contributed by atoms with E-state index in [0.29, 0.717) is 10.8 Å². The van der Waals surface area contributed by atoms with E-state index in [0.717, 1.165) is 13.1 Å². The van der Waals surface area contributed by atoms with Gasteiger partial charge in [-0.2, -0.15) is 0 Å². The third kappa shape index (κ3) is 2.84. The molecular formula is C17H28N2. The van der Waals surface area contributed by atoms with Crippen molar-refractivity contribution in [3.63, 3.8) is 0 Å². The molecule has 0 radical (unpaired) electrons. The van der Waals surface area contributed by atoms with Gasteiger partial charge in [0.05, 0.1) is 0 Å². The molecule has 1 aromatic heterocycles. The largest absolute Gasteiger partial charge is 0.316 e. The summed E-state index contributed by atoms with van der Waals surface area (Å²) in [6.07, 6.45) is 10.4. The third-order valence-corrected chi connectivity index (χ3v) is 5.09. The molecule has 1 N–H and O–H groups in total. The fourth-order valence-electron chi connectivity index (χ4n) is 3.75. The average Bonchev–Trinajstić information content (AvgIpc) is 2.43. The SMILES string of the molecule is CCCNCC1(c2cccnc2)CC(CC)(CC)C1. The van der Waals surface area contributed by atoms with Gasteiger partial charge in [0, 0.05) is 24.4 Å². The van der Waals surface area contributed by atoms with Gasteiger partial charge in [-0.15, -0.1) is 0 Å². The highest BCUT2D eigenvalue weighted by molar-refractivity contribution is 5.29. The molecule has 106 valence electrons. The van der Waals surface area contributed by atoms with Crippen molar-refractivity contribution in [2.75, 3.05) is 13.1 Å². The summed E-state index contributed by atoms with van der Waals surface area (Å²) >= 11 is 0. The summed E-state index contributed by atoms with van der Waals surface area (Å²) in [4.78, 5) is 4.33. The second kappa shape index (κ2) is 6.04. The number of pyridine rings is 1. The van der Waals surface area contributed by atoms with Gasteiger partial charge in [-0.3, -0.25) is 4.98 Å². The zero-order chi connectivity index (χ0) is 13.8. The third-order valence-electron chi connectivity index (χ3n) is 5.09. The van der Waals surface area contributed by atoms with Gasteiger partial charge in [0.15, 0.2) is 0 Å². The number of nitrogens with one attached hydrogen (secondary N) is 1. The quantitative estimate of drug-likeness (QED) is 0.752. The van der Waals surface area contributed by atoms with Crippen LogP contribution in [-0.2, 0) is 5.41 Å². The van der Waals surface area contributed by atoms with Crippen molar-refractivity contribution in [3.05, 3.63) is 30.1 Å². The number of nitrogens with zero attached hydrogens (tertiary/aromatic N) is 1. The minimum absolute atomic E-state index is 0.329. The molecule has 2 rings (SSSR count). The van der Waals surface area contributed by atoms with E-state index in [1.165, 1.54) is 37.7 Å². The molecule has 0 atom stereocenters. The van der Waals surface area contributed by atoms with Crippen LogP contribution in [0.4, 0.5) is 0 Å². The van der Waals surface area contributed by atoms with Gasteiger partial charge < -0.3 is 5.32 Å². The minimum Gasteiger partial charge on any atom is -0.316 e. The zero-order valence-electron chi connectivity index (χ0n) is 12.7. The molecule has 1 saturated carbocycles. The molecule has 2 nitrogen and oxygen atoms in total. The second-order valence-electron chi connectivity index (χ2n) is 6.26. The van der Waals surface area contributed by atoms with Crippen molar-refractivity contribution in [1.82, 2.24) is 10.3 Å². The van der Waals surface area contributed by atoms with Gasteiger partial charge in [0.1, 0.15) is 0 Å². The first-order valence-electron chi connectivity index (χ1n) is 7.81. The monoisotopic (exact) mass is 260 g/mol.